The molecule has 0 radical (unpaired) electrons. The Morgan fingerprint density at radius 2 is 2.21 bits per heavy atom. The van der Waals surface area contributed by atoms with Crippen molar-refractivity contribution in [2.24, 2.45) is 0 Å². The van der Waals surface area contributed by atoms with Crippen molar-refractivity contribution >= 4 is 28.0 Å². The number of hydrogen-bond acceptors (Lipinski definition) is 6. The molecule has 0 aliphatic heterocycles. The van der Waals surface area contributed by atoms with Crippen molar-refractivity contribution in [1.82, 2.24) is 20.2 Å². The van der Waals surface area contributed by atoms with Crippen molar-refractivity contribution in [2.45, 2.75) is 0 Å². The molecule has 3 rings (SSSR count). The molecule has 0 aliphatic rings. The lowest BCUT2D eigenvalue weighted by molar-refractivity contribution is 0.644. The zero-order chi connectivity index (χ0) is 9.54. The van der Waals surface area contributed by atoms with Gasteiger partial charge in [-0.05, 0) is 6.07 Å². The third-order valence-corrected chi connectivity index (χ3v) is 1.97. The first kappa shape index (κ1) is 7.19. The van der Waals surface area contributed by atoms with E-state index in [1.54, 1.807) is 12.3 Å². The van der Waals surface area contributed by atoms with E-state index in [0.29, 0.717) is 22.6 Å². The molecule has 0 spiro atoms. The standard InChI is InChI=1S/C8H5N5O/c9-7-6-5(10-3-11-7)4-1-2-12-13-8(4)14-6/h1-3H,(H2,9,10,11). The van der Waals surface area contributed by atoms with Gasteiger partial charge in [0.2, 0.25) is 5.71 Å². The zero-order valence-electron chi connectivity index (χ0n) is 7.01. The van der Waals surface area contributed by atoms with E-state index in [1.807, 2.05) is 0 Å². The predicted octanol–water partition coefficient (Wildman–Crippen LogP) is 0.748. The van der Waals surface area contributed by atoms with Crippen LogP contribution in [0.5, 0.6) is 0 Å². The molecule has 0 atom stereocenters. The summed E-state index contributed by atoms with van der Waals surface area (Å²) in [7, 11) is 0. The number of anilines is 1. The fourth-order valence-corrected chi connectivity index (χ4v) is 1.35. The predicted molar refractivity (Wildman–Crippen MR) is 49.3 cm³/mol. The van der Waals surface area contributed by atoms with Gasteiger partial charge in [0.1, 0.15) is 11.8 Å². The van der Waals surface area contributed by atoms with Crippen LogP contribution < -0.4 is 5.73 Å². The van der Waals surface area contributed by atoms with Gasteiger partial charge in [0.15, 0.2) is 11.4 Å². The smallest absolute Gasteiger partial charge is 0.248 e. The summed E-state index contributed by atoms with van der Waals surface area (Å²) in [5.41, 5.74) is 7.18. The second-order valence-electron chi connectivity index (χ2n) is 2.79. The minimum atomic E-state index is 0.313. The molecule has 6 heteroatoms. The van der Waals surface area contributed by atoms with Gasteiger partial charge in [-0.2, -0.15) is 5.10 Å². The summed E-state index contributed by atoms with van der Waals surface area (Å²) in [6.07, 6.45) is 2.97. The van der Waals surface area contributed by atoms with Gasteiger partial charge in [-0.1, -0.05) is 0 Å². The summed E-state index contributed by atoms with van der Waals surface area (Å²) in [6, 6.07) is 1.78. The number of nitrogens with two attached hydrogens (primary N) is 1. The molecule has 3 aromatic heterocycles. The minimum Gasteiger partial charge on any atom is -0.431 e. The monoisotopic (exact) mass is 187 g/mol. The Bertz CT molecular complexity index is 617. The lowest BCUT2D eigenvalue weighted by Crippen LogP contribution is -1.90. The maximum absolute atomic E-state index is 5.63. The first-order valence-electron chi connectivity index (χ1n) is 3.96. The maximum atomic E-state index is 5.63. The molecule has 3 aromatic rings. The van der Waals surface area contributed by atoms with Crippen LogP contribution in [0.2, 0.25) is 0 Å². The molecule has 0 unspecified atom stereocenters. The summed E-state index contributed by atoms with van der Waals surface area (Å²) in [5.74, 6) is 0.313. The van der Waals surface area contributed by atoms with E-state index in [4.69, 9.17) is 10.2 Å². The van der Waals surface area contributed by atoms with Crippen LogP contribution in [0, 0.1) is 0 Å². The molecular formula is C8H5N5O. The Labute approximate surface area is 77.8 Å². The third-order valence-electron chi connectivity index (χ3n) is 1.97. The summed E-state index contributed by atoms with van der Waals surface area (Å²) < 4.78 is 5.36. The van der Waals surface area contributed by atoms with Crippen molar-refractivity contribution in [2.75, 3.05) is 5.73 Å². The minimum absolute atomic E-state index is 0.313. The molecule has 14 heavy (non-hydrogen) atoms. The summed E-state index contributed by atoms with van der Waals surface area (Å²) in [4.78, 5) is 7.90. The first-order chi connectivity index (χ1) is 6.86. The molecule has 6 nitrogen and oxygen atoms in total. The lowest BCUT2D eigenvalue weighted by Gasteiger charge is -1.89. The number of nitrogens with zero attached hydrogens (tertiary/aromatic N) is 4. The average Bonchev–Trinajstić information content (AvgIpc) is 2.59. The van der Waals surface area contributed by atoms with Crippen LogP contribution in [0.25, 0.3) is 22.2 Å². The Kier molecular flexibility index (Phi) is 1.22. The maximum Gasteiger partial charge on any atom is 0.248 e. The highest BCUT2D eigenvalue weighted by atomic mass is 16.3. The van der Waals surface area contributed by atoms with Gasteiger partial charge in [0, 0.05) is 0 Å². The number of rotatable bonds is 0. The topological polar surface area (TPSA) is 90.7 Å². The van der Waals surface area contributed by atoms with E-state index in [1.165, 1.54) is 6.33 Å². The highest BCUT2D eigenvalue weighted by Crippen LogP contribution is 2.26. The van der Waals surface area contributed by atoms with Gasteiger partial charge in [0.05, 0.1) is 11.6 Å². The van der Waals surface area contributed by atoms with E-state index >= 15 is 0 Å². The molecule has 3 heterocycles. The Morgan fingerprint density at radius 3 is 3.14 bits per heavy atom. The van der Waals surface area contributed by atoms with Crippen LogP contribution >= 0.6 is 0 Å². The summed E-state index contributed by atoms with van der Waals surface area (Å²) >= 11 is 0. The third kappa shape index (κ3) is 0.792. The highest BCUT2D eigenvalue weighted by molar-refractivity contribution is 6.03. The lowest BCUT2D eigenvalue weighted by atomic mass is 10.3. The number of aromatic nitrogens is 4. The van der Waals surface area contributed by atoms with Crippen molar-refractivity contribution in [3.05, 3.63) is 18.6 Å². The first-order valence-corrected chi connectivity index (χ1v) is 3.96. The molecule has 0 aliphatic carbocycles. The number of nitrogen functional groups attached to an aromatic ring is 1. The number of hydrogen-bond donors (Lipinski definition) is 1. The van der Waals surface area contributed by atoms with Crippen molar-refractivity contribution in [3.63, 3.8) is 0 Å². The fraction of sp³-hybridized carbons (Fsp3) is 0. The normalized spacial score (nSPS) is 11.1. The quantitative estimate of drug-likeness (QED) is 0.558. The zero-order valence-corrected chi connectivity index (χ0v) is 7.01. The van der Waals surface area contributed by atoms with Crippen LogP contribution in [-0.2, 0) is 0 Å². The summed E-state index contributed by atoms with van der Waals surface area (Å²) in [5, 5.41) is 8.32. The number of furan rings is 1. The fourth-order valence-electron chi connectivity index (χ4n) is 1.35. The van der Waals surface area contributed by atoms with E-state index in [2.05, 4.69) is 20.2 Å². The van der Waals surface area contributed by atoms with Gasteiger partial charge < -0.3 is 10.2 Å². The molecule has 0 bridgehead atoms. The van der Waals surface area contributed by atoms with Gasteiger partial charge in [0.25, 0.3) is 0 Å². The van der Waals surface area contributed by atoms with Crippen LogP contribution in [0.15, 0.2) is 23.0 Å². The molecule has 0 amide bonds. The average molecular weight is 187 g/mol. The van der Waals surface area contributed by atoms with Crippen molar-refractivity contribution in [1.29, 1.82) is 0 Å². The van der Waals surface area contributed by atoms with E-state index in [0.717, 1.165) is 5.39 Å². The molecular weight excluding hydrogens is 182 g/mol. The molecule has 2 N–H and O–H groups in total. The molecule has 0 saturated carbocycles. The Morgan fingerprint density at radius 1 is 1.29 bits per heavy atom. The highest BCUT2D eigenvalue weighted by Gasteiger charge is 2.11. The van der Waals surface area contributed by atoms with Crippen LogP contribution in [0.1, 0.15) is 0 Å². The van der Waals surface area contributed by atoms with Gasteiger partial charge >= 0.3 is 0 Å². The Hall–Kier alpha value is -2.24. The van der Waals surface area contributed by atoms with Crippen LogP contribution in [-0.4, -0.2) is 20.2 Å². The van der Waals surface area contributed by atoms with E-state index in [-0.39, 0.29) is 0 Å². The van der Waals surface area contributed by atoms with Crippen LogP contribution in [0.4, 0.5) is 5.82 Å². The molecule has 0 aromatic carbocycles. The second-order valence-corrected chi connectivity index (χ2v) is 2.79. The largest absolute Gasteiger partial charge is 0.431 e. The van der Waals surface area contributed by atoms with Gasteiger partial charge in [-0.15, -0.1) is 5.10 Å². The van der Waals surface area contributed by atoms with E-state index in [9.17, 15) is 0 Å². The SMILES string of the molecule is Nc1ncnc2c1oc1nnccc12. The van der Waals surface area contributed by atoms with Gasteiger partial charge in [-0.25, -0.2) is 9.97 Å². The molecule has 0 fully saturated rings. The van der Waals surface area contributed by atoms with Gasteiger partial charge in [-0.3, -0.25) is 0 Å². The summed E-state index contributed by atoms with van der Waals surface area (Å²) in [6.45, 7) is 0. The second kappa shape index (κ2) is 2.38. The van der Waals surface area contributed by atoms with Crippen molar-refractivity contribution < 1.29 is 4.42 Å². The molecule has 68 valence electrons. The Balaban J connectivity index is 2.63. The van der Waals surface area contributed by atoms with E-state index < -0.39 is 0 Å². The van der Waals surface area contributed by atoms with Crippen LogP contribution in [0.3, 0.4) is 0 Å². The molecule has 0 saturated heterocycles. The van der Waals surface area contributed by atoms with Crippen molar-refractivity contribution in [3.8, 4) is 0 Å². The number of fused-ring (bicyclic) bond motifs is 3.